The smallest absolute Gasteiger partial charge is 0.0150 e. The van der Waals surface area contributed by atoms with E-state index in [4.69, 9.17) is 0 Å². The van der Waals surface area contributed by atoms with Crippen LogP contribution in [0, 0.1) is 34.5 Å². The minimum absolute atomic E-state index is 0.417. The van der Waals surface area contributed by atoms with Crippen LogP contribution in [0.1, 0.15) is 46.0 Å². The maximum absolute atomic E-state index is 2.55. The summed E-state index contributed by atoms with van der Waals surface area (Å²) in [4.78, 5) is 2.39. The molecule has 1 unspecified atom stereocenters. The molecule has 0 aromatic heterocycles. The molecule has 120 valence electrons. The normalized spacial score (nSPS) is 49.2. The van der Waals surface area contributed by atoms with Crippen LogP contribution < -0.4 is 0 Å². The molecule has 0 amide bonds. The van der Waals surface area contributed by atoms with Gasteiger partial charge in [-0.3, -0.25) is 0 Å². The standard InChI is InChI=1S/C21H31N/c1-20-13-6-5-7-15(20)8-9-16-17-10-11-19(22(3)4)21(17,2)14-12-18(16)20/h5-7,11,13,15-18H,8-10,12,14H2,1-4H3/t15?,16-,17-,18+,20-,21-/m0/s1. The number of rotatable bonds is 1. The Hall–Kier alpha value is -0.980. The van der Waals surface area contributed by atoms with E-state index in [9.17, 15) is 0 Å². The molecule has 0 aromatic carbocycles. The highest BCUT2D eigenvalue weighted by Crippen LogP contribution is 2.64. The summed E-state index contributed by atoms with van der Waals surface area (Å²) in [7, 11) is 4.47. The topological polar surface area (TPSA) is 3.24 Å². The highest BCUT2D eigenvalue weighted by atomic mass is 15.1. The quantitative estimate of drug-likeness (QED) is 0.656. The first-order valence-corrected chi connectivity index (χ1v) is 9.21. The van der Waals surface area contributed by atoms with E-state index in [1.807, 2.05) is 0 Å². The molecule has 0 aliphatic heterocycles. The molecule has 0 N–H and O–H groups in total. The number of nitrogens with zero attached hydrogens (tertiary/aromatic N) is 1. The van der Waals surface area contributed by atoms with Crippen molar-refractivity contribution in [3.63, 3.8) is 0 Å². The Morgan fingerprint density at radius 1 is 1.05 bits per heavy atom. The number of allylic oxidation sites excluding steroid dienone is 6. The lowest BCUT2D eigenvalue weighted by atomic mass is 9.47. The molecule has 1 heteroatoms. The molecule has 0 radical (unpaired) electrons. The molecule has 4 aliphatic carbocycles. The summed E-state index contributed by atoms with van der Waals surface area (Å²) < 4.78 is 0. The Labute approximate surface area is 136 Å². The van der Waals surface area contributed by atoms with E-state index >= 15 is 0 Å². The molecule has 0 bridgehead atoms. The Bertz CT molecular complexity index is 554. The van der Waals surface area contributed by atoms with Crippen molar-refractivity contribution in [1.29, 1.82) is 0 Å². The van der Waals surface area contributed by atoms with Crippen LogP contribution in [0.25, 0.3) is 0 Å². The first kappa shape index (κ1) is 14.6. The number of fused-ring (bicyclic) bond motifs is 5. The van der Waals surface area contributed by atoms with Gasteiger partial charge in [0.1, 0.15) is 0 Å². The predicted octanol–water partition coefficient (Wildman–Crippen LogP) is 5.03. The third-order valence-electron chi connectivity index (χ3n) is 7.78. The van der Waals surface area contributed by atoms with Gasteiger partial charge in [-0.15, -0.1) is 0 Å². The van der Waals surface area contributed by atoms with Gasteiger partial charge >= 0.3 is 0 Å². The van der Waals surface area contributed by atoms with E-state index in [2.05, 4.69) is 63.2 Å². The third kappa shape index (κ3) is 1.77. The van der Waals surface area contributed by atoms with Crippen molar-refractivity contribution in [3.05, 3.63) is 36.1 Å². The Balaban J connectivity index is 1.66. The van der Waals surface area contributed by atoms with E-state index < -0.39 is 0 Å². The summed E-state index contributed by atoms with van der Waals surface area (Å²) in [6.45, 7) is 5.10. The van der Waals surface area contributed by atoms with Crippen molar-refractivity contribution in [3.8, 4) is 0 Å². The van der Waals surface area contributed by atoms with Crippen LogP contribution in [-0.4, -0.2) is 19.0 Å². The van der Waals surface area contributed by atoms with Gasteiger partial charge in [0, 0.05) is 25.2 Å². The number of hydrogen-bond donors (Lipinski definition) is 0. The molecule has 2 saturated carbocycles. The second-order valence-corrected chi connectivity index (χ2v) is 8.85. The molecular weight excluding hydrogens is 266 g/mol. The highest BCUT2D eigenvalue weighted by Gasteiger charge is 2.57. The molecule has 2 fully saturated rings. The molecule has 4 rings (SSSR count). The minimum Gasteiger partial charge on any atom is -0.381 e. The van der Waals surface area contributed by atoms with Crippen molar-refractivity contribution < 1.29 is 0 Å². The Kier molecular flexibility index (Phi) is 3.16. The lowest BCUT2D eigenvalue weighted by Crippen LogP contribution is -2.51. The van der Waals surface area contributed by atoms with E-state index in [1.54, 1.807) is 5.70 Å². The summed E-state index contributed by atoms with van der Waals surface area (Å²) in [5.41, 5.74) is 2.46. The summed E-state index contributed by atoms with van der Waals surface area (Å²) >= 11 is 0. The zero-order valence-electron chi connectivity index (χ0n) is 14.7. The highest BCUT2D eigenvalue weighted by molar-refractivity contribution is 5.27. The van der Waals surface area contributed by atoms with Crippen molar-refractivity contribution >= 4 is 0 Å². The maximum Gasteiger partial charge on any atom is 0.0150 e. The maximum atomic E-state index is 2.55. The van der Waals surface area contributed by atoms with Crippen LogP contribution >= 0.6 is 0 Å². The first-order chi connectivity index (χ1) is 10.5. The molecule has 4 aliphatic rings. The van der Waals surface area contributed by atoms with Crippen LogP contribution in [0.15, 0.2) is 36.1 Å². The van der Waals surface area contributed by atoms with E-state index in [0.29, 0.717) is 10.8 Å². The molecule has 0 spiro atoms. The van der Waals surface area contributed by atoms with E-state index in [1.165, 1.54) is 32.1 Å². The summed E-state index contributed by atoms with van der Waals surface area (Å²) in [6, 6.07) is 0. The average molecular weight is 297 g/mol. The Morgan fingerprint density at radius 3 is 2.64 bits per heavy atom. The molecule has 0 heterocycles. The van der Waals surface area contributed by atoms with Gasteiger partial charge in [0.2, 0.25) is 0 Å². The fraction of sp³-hybridized carbons (Fsp3) is 0.714. The Morgan fingerprint density at radius 2 is 1.86 bits per heavy atom. The van der Waals surface area contributed by atoms with Gasteiger partial charge in [-0.05, 0) is 61.2 Å². The van der Waals surface area contributed by atoms with Crippen molar-refractivity contribution in [2.24, 2.45) is 34.5 Å². The molecule has 22 heavy (non-hydrogen) atoms. The molecule has 6 atom stereocenters. The summed E-state index contributed by atoms with van der Waals surface area (Å²) in [5.74, 6) is 3.47. The van der Waals surface area contributed by atoms with Crippen LogP contribution in [0.5, 0.6) is 0 Å². The fourth-order valence-corrected chi connectivity index (χ4v) is 6.67. The zero-order valence-corrected chi connectivity index (χ0v) is 14.7. The molecule has 0 aromatic rings. The number of hydrogen-bond acceptors (Lipinski definition) is 1. The van der Waals surface area contributed by atoms with Gasteiger partial charge < -0.3 is 4.90 Å². The third-order valence-corrected chi connectivity index (χ3v) is 7.78. The lowest BCUT2D eigenvalue weighted by molar-refractivity contribution is -0.0522. The van der Waals surface area contributed by atoms with Crippen LogP contribution in [0.2, 0.25) is 0 Å². The second kappa shape index (κ2) is 4.76. The average Bonchev–Trinajstić information content (AvgIpc) is 2.84. The van der Waals surface area contributed by atoms with Gasteiger partial charge in [-0.1, -0.05) is 44.2 Å². The summed E-state index contributed by atoms with van der Waals surface area (Å²) in [6.07, 6.45) is 19.1. The van der Waals surface area contributed by atoms with Gasteiger partial charge in [0.25, 0.3) is 0 Å². The molecule has 1 nitrogen and oxygen atoms in total. The van der Waals surface area contributed by atoms with E-state index in [-0.39, 0.29) is 0 Å². The van der Waals surface area contributed by atoms with Gasteiger partial charge in [0.05, 0.1) is 0 Å². The molecule has 0 saturated heterocycles. The van der Waals surface area contributed by atoms with Gasteiger partial charge in [-0.25, -0.2) is 0 Å². The largest absolute Gasteiger partial charge is 0.381 e. The van der Waals surface area contributed by atoms with Gasteiger partial charge in [0.15, 0.2) is 0 Å². The SMILES string of the molecule is CN(C)C1=CC[C@H]2[C@@H]3CCC4C=CC=C[C@]4(C)[C@@H]3CC[C@]12C. The van der Waals surface area contributed by atoms with Crippen LogP contribution in [-0.2, 0) is 0 Å². The second-order valence-electron chi connectivity index (χ2n) is 8.85. The van der Waals surface area contributed by atoms with Crippen molar-refractivity contribution in [2.45, 2.75) is 46.0 Å². The monoisotopic (exact) mass is 297 g/mol. The predicted molar refractivity (Wildman–Crippen MR) is 93.3 cm³/mol. The van der Waals surface area contributed by atoms with Gasteiger partial charge in [-0.2, -0.15) is 0 Å². The lowest BCUT2D eigenvalue weighted by Gasteiger charge is -2.58. The molecular formula is C21H31N. The minimum atomic E-state index is 0.417. The fourth-order valence-electron chi connectivity index (χ4n) is 6.67. The zero-order chi connectivity index (χ0) is 15.5. The summed E-state index contributed by atoms with van der Waals surface area (Å²) in [5, 5.41) is 0. The van der Waals surface area contributed by atoms with Crippen molar-refractivity contribution in [2.75, 3.05) is 14.1 Å². The van der Waals surface area contributed by atoms with E-state index in [0.717, 1.165) is 23.7 Å². The van der Waals surface area contributed by atoms with Crippen LogP contribution in [0.3, 0.4) is 0 Å². The van der Waals surface area contributed by atoms with Crippen molar-refractivity contribution in [1.82, 2.24) is 4.90 Å². The van der Waals surface area contributed by atoms with Crippen LogP contribution in [0.4, 0.5) is 0 Å². The first-order valence-electron chi connectivity index (χ1n) is 9.21.